The third-order valence-corrected chi connectivity index (χ3v) is 4.81. The largest absolute Gasteiger partial charge is 0.207 e. The van der Waals surface area contributed by atoms with E-state index in [1.54, 1.807) is 6.07 Å². The molecule has 0 bridgehead atoms. The lowest BCUT2D eigenvalue weighted by Crippen LogP contribution is -1.99. The van der Waals surface area contributed by atoms with Gasteiger partial charge < -0.3 is 0 Å². The van der Waals surface area contributed by atoms with Gasteiger partial charge in [-0.2, -0.15) is 0 Å². The monoisotopic (exact) mass is 334 g/mol. The van der Waals surface area contributed by atoms with Crippen molar-refractivity contribution < 1.29 is 4.39 Å². The summed E-state index contributed by atoms with van der Waals surface area (Å²) in [6, 6.07) is 11.6. The van der Waals surface area contributed by atoms with E-state index in [9.17, 15) is 4.39 Å². The maximum atomic E-state index is 13.2. The molecule has 0 saturated carbocycles. The molecule has 0 aliphatic heterocycles. The number of hydrogen-bond acceptors (Lipinski definition) is 0. The summed E-state index contributed by atoms with van der Waals surface area (Å²) in [5, 5.41) is 0. The minimum atomic E-state index is -0.179. The number of rotatable bonds is 4. The van der Waals surface area contributed by atoms with Crippen molar-refractivity contribution in [2.75, 3.05) is 0 Å². The van der Waals surface area contributed by atoms with Gasteiger partial charge in [-0.15, -0.1) is 0 Å². The summed E-state index contributed by atoms with van der Waals surface area (Å²) >= 11 is 3.76. The van der Waals surface area contributed by atoms with Crippen LogP contribution < -0.4 is 0 Å². The van der Waals surface area contributed by atoms with E-state index >= 15 is 0 Å². The van der Waals surface area contributed by atoms with E-state index in [1.807, 2.05) is 13.0 Å². The third-order valence-electron chi connectivity index (χ3n) is 3.79. The van der Waals surface area contributed by atoms with Crippen LogP contribution in [0, 0.1) is 12.7 Å². The average Bonchev–Trinajstić information content (AvgIpc) is 2.45. The summed E-state index contributed by atoms with van der Waals surface area (Å²) in [4.78, 5) is 0.110. The standard InChI is InChI=1S/C18H20BrF/c1-4-13-6-7-15(11-14(13)5-2)18(19)17-9-8-16(20)10-12(17)3/h6-11,18H,4-5H2,1-3H3. The van der Waals surface area contributed by atoms with Gasteiger partial charge in [0.15, 0.2) is 0 Å². The van der Waals surface area contributed by atoms with Crippen LogP contribution in [0.2, 0.25) is 0 Å². The fraction of sp³-hybridized carbons (Fsp3) is 0.333. The zero-order valence-corrected chi connectivity index (χ0v) is 13.8. The van der Waals surface area contributed by atoms with Gasteiger partial charge in [0, 0.05) is 0 Å². The first kappa shape index (κ1) is 15.2. The van der Waals surface area contributed by atoms with Crippen LogP contribution in [0.25, 0.3) is 0 Å². The normalized spacial score (nSPS) is 12.4. The predicted octanol–water partition coefficient (Wildman–Crippen LogP) is 5.74. The van der Waals surface area contributed by atoms with Crippen molar-refractivity contribution in [2.45, 2.75) is 38.4 Å². The van der Waals surface area contributed by atoms with Crippen LogP contribution in [0.3, 0.4) is 0 Å². The van der Waals surface area contributed by atoms with Gasteiger partial charge in [0.2, 0.25) is 0 Å². The van der Waals surface area contributed by atoms with Gasteiger partial charge in [0.05, 0.1) is 4.83 Å². The first-order valence-corrected chi connectivity index (χ1v) is 8.00. The summed E-state index contributed by atoms with van der Waals surface area (Å²) in [6.07, 6.45) is 2.10. The van der Waals surface area contributed by atoms with Crippen LogP contribution >= 0.6 is 15.9 Å². The van der Waals surface area contributed by atoms with Crippen LogP contribution in [-0.2, 0) is 12.8 Å². The van der Waals surface area contributed by atoms with E-state index < -0.39 is 0 Å². The van der Waals surface area contributed by atoms with Crippen molar-refractivity contribution in [1.29, 1.82) is 0 Å². The van der Waals surface area contributed by atoms with Crippen LogP contribution in [0.4, 0.5) is 4.39 Å². The highest BCUT2D eigenvalue weighted by Gasteiger charge is 2.14. The van der Waals surface area contributed by atoms with E-state index in [0.29, 0.717) is 0 Å². The summed E-state index contributed by atoms with van der Waals surface area (Å²) in [5.41, 5.74) is 6.14. The molecule has 0 saturated heterocycles. The van der Waals surface area contributed by atoms with E-state index in [-0.39, 0.29) is 10.6 Å². The average molecular weight is 335 g/mol. The fourth-order valence-electron chi connectivity index (χ4n) is 2.58. The zero-order valence-electron chi connectivity index (χ0n) is 12.2. The highest BCUT2D eigenvalue weighted by atomic mass is 79.9. The second-order valence-electron chi connectivity index (χ2n) is 5.10. The molecule has 0 fully saturated rings. The van der Waals surface area contributed by atoms with E-state index in [4.69, 9.17) is 0 Å². The molecule has 0 nitrogen and oxygen atoms in total. The summed E-state index contributed by atoms with van der Waals surface area (Å²) in [6.45, 7) is 6.32. The quantitative estimate of drug-likeness (QED) is 0.625. The Kier molecular flexibility index (Phi) is 4.98. The third kappa shape index (κ3) is 3.12. The molecule has 1 unspecified atom stereocenters. The lowest BCUT2D eigenvalue weighted by atomic mass is 9.95. The molecule has 0 amide bonds. The number of aryl methyl sites for hydroxylation is 3. The molecule has 2 heteroatoms. The Morgan fingerprint density at radius 3 is 2.30 bits per heavy atom. The van der Waals surface area contributed by atoms with Crippen LogP contribution in [0.1, 0.15) is 46.5 Å². The minimum absolute atomic E-state index is 0.110. The van der Waals surface area contributed by atoms with Crippen molar-refractivity contribution in [3.05, 3.63) is 70.0 Å². The minimum Gasteiger partial charge on any atom is -0.207 e. The van der Waals surface area contributed by atoms with Crippen molar-refractivity contribution in [1.82, 2.24) is 0 Å². The van der Waals surface area contributed by atoms with Gasteiger partial charge >= 0.3 is 0 Å². The van der Waals surface area contributed by atoms with Crippen molar-refractivity contribution in [2.24, 2.45) is 0 Å². The molecule has 106 valence electrons. The summed E-state index contributed by atoms with van der Waals surface area (Å²) < 4.78 is 13.2. The first-order chi connectivity index (χ1) is 9.56. The second kappa shape index (κ2) is 6.53. The molecular weight excluding hydrogens is 315 g/mol. The van der Waals surface area contributed by atoms with Gasteiger partial charge in [-0.3, -0.25) is 0 Å². The maximum absolute atomic E-state index is 13.2. The van der Waals surface area contributed by atoms with Crippen molar-refractivity contribution in [3.63, 3.8) is 0 Å². The zero-order chi connectivity index (χ0) is 14.7. The Bertz CT molecular complexity index is 604. The van der Waals surface area contributed by atoms with Gasteiger partial charge in [0.25, 0.3) is 0 Å². The molecule has 0 aromatic heterocycles. The van der Waals surface area contributed by atoms with Crippen LogP contribution in [0.5, 0.6) is 0 Å². The molecule has 2 rings (SSSR count). The fourth-order valence-corrected chi connectivity index (χ4v) is 3.38. The number of benzene rings is 2. The molecule has 2 aromatic carbocycles. The maximum Gasteiger partial charge on any atom is 0.123 e. The second-order valence-corrected chi connectivity index (χ2v) is 6.01. The van der Waals surface area contributed by atoms with Gasteiger partial charge in [0.1, 0.15) is 5.82 Å². The van der Waals surface area contributed by atoms with Crippen LogP contribution in [0.15, 0.2) is 36.4 Å². The molecule has 0 radical (unpaired) electrons. The molecule has 1 atom stereocenters. The Morgan fingerprint density at radius 2 is 1.70 bits per heavy atom. The van der Waals surface area contributed by atoms with E-state index in [1.165, 1.54) is 22.8 Å². The Balaban J connectivity index is 2.40. The topological polar surface area (TPSA) is 0 Å². The molecule has 0 aliphatic rings. The molecule has 20 heavy (non-hydrogen) atoms. The van der Waals surface area contributed by atoms with Crippen molar-refractivity contribution >= 4 is 15.9 Å². The number of halogens is 2. The Hall–Kier alpha value is -1.15. The highest BCUT2D eigenvalue weighted by molar-refractivity contribution is 9.09. The SMILES string of the molecule is CCc1ccc(C(Br)c2ccc(F)cc2C)cc1CC. The molecular formula is C18H20BrF. The summed E-state index contributed by atoms with van der Waals surface area (Å²) in [5.74, 6) is -0.179. The number of hydrogen-bond donors (Lipinski definition) is 0. The molecule has 0 heterocycles. The van der Waals surface area contributed by atoms with Crippen LogP contribution in [-0.4, -0.2) is 0 Å². The lowest BCUT2D eigenvalue weighted by Gasteiger charge is -2.16. The molecule has 0 aliphatic carbocycles. The molecule has 0 N–H and O–H groups in total. The van der Waals surface area contributed by atoms with Gasteiger partial charge in [-0.05, 0) is 59.7 Å². The molecule has 0 spiro atoms. The van der Waals surface area contributed by atoms with Gasteiger partial charge in [-0.1, -0.05) is 54.0 Å². The summed E-state index contributed by atoms with van der Waals surface area (Å²) in [7, 11) is 0. The highest BCUT2D eigenvalue weighted by Crippen LogP contribution is 2.34. The Morgan fingerprint density at radius 1 is 1.00 bits per heavy atom. The first-order valence-electron chi connectivity index (χ1n) is 7.08. The predicted molar refractivity (Wildman–Crippen MR) is 87.1 cm³/mol. The van der Waals surface area contributed by atoms with E-state index in [0.717, 1.165) is 24.0 Å². The number of alkyl halides is 1. The van der Waals surface area contributed by atoms with Crippen molar-refractivity contribution in [3.8, 4) is 0 Å². The molecule has 2 aromatic rings. The smallest absolute Gasteiger partial charge is 0.123 e. The van der Waals surface area contributed by atoms with Gasteiger partial charge in [-0.25, -0.2) is 4.39 Å². The van der Waals surface area contributed by atoms with E-state index in [2.05, 4.69) is 48.0 Å². The lowest BCUT2D eigenvalue weighted by molar-refractivity contribution is 0.626. The Labute approximate surface area is 129 Å².